The third kappa shape index (κ3) is 3.29. The SMILES string of the molecule is Cc1ccc(N(C)CC2CCC(C(=O)NN)O2)c(C)c1. The molecule has 5 heteroatoms. The minimum absolute atomic E-state index is 0.0722. The molecule has 0 spiro atoms. The summed E-state index contributed by atoms with van der Waals surface area (Å²) >= 11 is 0. The summed E-state index contributed by atoms with van der Waals surface area (Å²) in [6.45, 7) is 4.98. The predicted molar refractivity (Wildman–Crippen MR) is 79.4 cm³/mol. The fraction of sp³-hybridized carbons (Fsp3) is 0.533. The summed E-state index contributed by atoms with van der Waals surface area (Å²) in [5.41, 5.74) is 5.86. The zero-order valence-corrected chi connectivity index (χ0v) is 12.3. The Balaban J connectivity index is 1.95. The average molecular weight is 277 g/mol. The molecule has 5 nitrogen and oxygen atoms in total. The van der Waals surface area contributed by atoms with E-state index in [9.17, 15) is 4.79 Å². The molecule has 2 rings (SSSR count). The van der Waals surface area contributed by atoms with Gasteiger partial charge < -0.3 is 9.64 Å². The number of hydrogen-bond acceptors (Lipinski definition) is 4. The van der Waals surface area contributed by atoms with Crippen molar-refractivity contribution in [2.45, 2.75) is 38.9 Å². The van der Waals surface area contributed by atoms with Crippen LogP contribution in [0.25, 0.3) is 0 Å². The highest BCUT2D eigenvalue weighted by Crippen LogP contribution is 2.24. The lowest BCUT2D eigenvalue weighted by atomic mass is 10.1. The lowest BCUT2D eigenvalue weighted by Crippen LogP contribution is -2.40. The number of hydrazine groups is 1. The third-order valence-corrected chi connectivity index (χ3v) is 3.78. The van der Waals surface area contributed by atoms with Crippen molar-refractivity contribution >= 4 is 11.6 Å². The number of nitrogens with two attached hydrogens (primary N) is 1. The summed E-state index contributed by atoms with van der Waals surface area (Å²) in [7, 11) is 2.05. The Labute approximate surface area is 120 Å². The molecule has 0 aromatic heterocycles. The summed E-state index contributed by atoms with van der Waals surface area (Å²) in [6, 6.07) is 6.41. The second-order valence-electron chi connectivity index (χ2n) is 5.50. The molecule has 1 saturated heterocycles. The van der Waals surface area contributed by atoms with Gasteiger partial charge in [0.1, 0.15) is 6.10 Å². The van der Waals surface area contributed by atoms with Crippen LogP contribution >= 0.6 is 0 Å². The van der Waals surface area contributed by atoms with Crippen LogP contribution in [0.1, 0.15) is 24.0 Å². The molecular formula is C15H23N3O2. The minimum atomic E-state index is -0.405. The van der Waals surface area contributed by atoms with Crippen LogP contribution < -0.4 is 16.2 Å². The minimum Gasteiger partial charge on any atom is -0.372 e. The first-order chi connectivity index (χ1) is 9.51. The van der Waals surface area contributed by atoms with E-state index in [1.54, 1.807) is 0 Å². The molecule has 1 aliphatic heterocycles. The number of nitrogens with zero attached hydrogens (tertiary/aromatic N) is 1. The maximum absolute atomic E-state index is 11.4. The third-order valence-electron chi connectivity index (χ3n) is 3.78. The normalized spacial score (nSPS) is 21.8. The molecule has 2 atom stereocenters. The number of likely N-dealkylation sites (N-methyl/N-ethyl adjacent to an activating group) is 1. The van der Waals surface area contributed by atoms with Gasteiger partial charge in [0.05, 0.1) is 6.10 Å². The van der Waals surface area contributed by atoms with Gasteiger partial charge in [-0.25, -0.2) is 5.84 Å². The molecule has 2 unspecified atom stereocenters. The van der Waals surface area contributed by atoms with Crippen LogP contribution in [0.2, 0.25) is 0 Å². The highest BCUT2D eigenvalue weighted by Gasteiger charge is 2.31. The van der Waals surface area contributed by atoms with Crippen molar-refractivity contribution in [3.05, 3.63) is 29.3 Å². The van der Waals surface area contributed by atoms with Gasteiger partial charge in [-0.2, -0.15) is 0 Å². The van der Waals surface area contributed by atoms with Gasteiger partial charge in [0.2, 0.25) is 0 Å². The van der Waals surface area contributed by atoms with Crippen molar-refractivity contribution in [2.75, 3.05) is 18.5 Å². The number of nitrogens with one attached hydrogen (secondary N) is 1. The number of aryl methyl sites for hydroxylation is 2. The summed E-state index contributed by atoms with van der Waals surface area (Å²) in [4.78, 5) is 13.6. The zero-order chi connectivity index (χ0) is 14.7. The molecule has 0 aliphatic carbocycles. The van der Waals surface area contributed by atoms with Gasteiger partial charge in [0.25, 0.3) is 5.91 Å². The van der Waals surface area contributed by atoms with E-state index >= 15 is 0 Å². The smallest absolute Gasteiger partial charge is 0.263 e. The number of carbonyl (C=O) groups is 1. The Bertz CT molecular complexity index is 490. The van der Waals surface area contributed by atoms with Crippen molar-refractivity contribution in [3.63, 3.8) is 0 Å². The molecule has 1 heterocycles. The van der Waals surface area contributed by atoms with Gasteiger partial charge >= 0.3 is 0 Å². The van der Waals surface area contributed by atoms with E-state index in [1.165, 1.54) is 16.8 Å². The van der Waals surface area contributed by atoms with E-state index < -0.39 is 6.10 Å². The molecule has 1 aromatic carbocycles. The maximum Gasteiger partial charge on any atom is 0.263 e. The molecule has 3 N–H and O–H groups in total. The van der Waals surface area contributed by atoms with Crippen LogP contribution in [0.15, 0.2) is 18.2 Å². The molecule has 110 valence electrons. The Kier molecular flexibility index (Phi) is 4.62. The second-order valence-corrected chi connectivity index (χ2v) is 5.50. The van der Waals surface area contributed by atoms with Crippen molar-refractivity contribution in [1.29, 1.82) is 0 Å². The number of benzene rings is 1. The number of anilines is 1. The maximum atomic E-state index is 11.4. The first-order valence-electron chi connectivity index (χ1n) is 6.95. The number of carbonyl (C=O) groups excluding carboxylic acids is 1. The number of rotatable bonds is 4. The fourth-order valence-corrected chi connectivity index (χ4v) is 2.76. The molecule has 1 amide bonds. The summed E-state index contributed by atoms with van der Waals surface area (Å²) in [6.07, 6.45) is 1.28. The van der Waals surface area contributed by atoms with Crippen LogP contribution in [-0.2, 0) is 9.53 Å². The van der Waals surface area contributed by atoms with Crippen molar-refractivity contribution in [1.82, 2.24) is 5.43 Å². The van der Waals surface area contributed by atoms with E-state index in [0.29, 0.717) is 0 Å². The topological polar surface area (TPSA) is 67.6 Å². The Morgan fingerprint density at radius 1 is 1.45 bits per heavy atom. The first-order valence-corrected chi connectivity index (χ1v) is 6.95. The summed E-state index contributed by atoms with van der Waals surface area (Å²) in [5, 5.41) is 0. The molecule has 1 aliphatic rings. The molecule has 1 fully saturated rings. The van der Waals surface area contributed by atoms with Gasteiger partial charge in [-0.15, -0.1) is 0 Å². The lowest BCUT2D eigenvalue weighted by Gasteiger charge is -2.25. The van der Waals surface area contributed by atoms with E-state index in [2.05, 4.69) is 49.4 Å². The quantitative estimate of drug-likeness (QED) is 0.494. The molecule has 20 heavy (non-hydrogen) atoms. The van der Waals surface area contributed by atoms with Crippen molar-refractivity contribution in [3.8, 4) is 0 Å². The van der Waals surface area contributed by atoms with E-state index in [0.717, 1.165) is 19.4 Å². The average Bonchev–Trinajstić information content (AvgIpc) is 2.86. The number of hydrogen-bond donors (Lipinski definition) is 2. The monoisotopic (exact) mass is 277 g/mol. The Morgan fingerprint density at radius 3 is 2.85 bits per heavy atom. The van der Waals surface area contributed by atoms with Gasteiger partial charge in [-0.05, 0) is 38.3 Å². The second kappa shape index (κ2) is 6.24. The predicted octanol–water partition coefficient (Wildman–Crippen LogP) is 1.28. The fourth-order valence-electron chi connectivity index (χ4n) is 2.76. The first kappa shape index (κ1) is 14.8. The van der Waals surface area contributed by atoms with Crippen molar-refractivity contribution in [2.24, 2.45) is 5.84 Å². The van der Waals surface area contributed by atoms with Gasteiger partial charge in [0.15, 0.2) is 0 Å². The molecule has 0 saturated carbocycles. The Morgan fingerprint density at radius 2 is 2.20 bits per heavy atom. The standard InChI is InChI=1S/C15H23N3O2/c1-10-4-6-13(11(2)8-10)18(3)9-12-5-7-14(20-12)15(19)17-16/h4,6,8,12,14H,5,7,9,16H2,1-3H3,(H,17,19). The van der Waals surface area contributed by atoms with E-state index in [1.807, 2.05) is 0 Å². The Hall–Kier alpha value is -1.59. The molecule has 0 bridgehead atoms. The van der Waals surface area contributed by atoms with Crippen LogP contribution in [0.5, 0.6) is 0 Å². The molecular weight excluding hydrogens is 254 g/mol. The number of ether oxygens (including phenoxy) is 1. The van der Waals surface area contributed by atoms with Crippen LogP contribution in [0.4, 0.5) is 5.69 Å². The summed E-state index contributed by atoms with van der Waals surface area (Å²) in [5.74, 6) is 4.90. The van der Waals surface area contributed by atoms with Gasteiger partial charge in [-0.3, -0.25) is 10.2 Å². The highest BCUT2D eigenvalue weighted by atomic mass is 16.5. The highest BCUT2D eigenvalue weighted by molar-refractivity contribution is 5.80. The summed E-state index contributed by atoms with van der Waals surface area (Å²) < 4.78 is 5.74. The van der Waals surface area contributed by atoms with Crippen LogP contribution in [0, 0.1) is 13.8 Å². The van der Waals surface area contributed by atoms with Crippen molar-refractivity contribution < 1.29 is 9.53 Å². The van der Waals surface area contributed by atoms with E-state index in [4.69, 9.17) is 10.6 Å². The molecule has 1 aromatic rings. The molecule has 0 radical (unpaired) electrons. The largest absolute Gasteiger partial charge is 0.372 e. The van der Waals surface area contributed by atoms with Crippen LogP contribution in [-0.4, -0.2) is 31.7 Å². The number of amides is 1. The zero-order valence-electron chi connectivity index (χ0n) is 12.3. The van der Waals surface area contributed by atoms with Crippen LogP contribution in [0.3, 0.4) is 0 Å². The van der Waals surface area contributed by atoms with E-state index in [-0.39, 0.29) is 12.0 Å². The lowest BCUT2D eigenvalue weighted by molar-refractivity contribution is -0.131. The van der Waals surface area contributed by atoms with Gasteiger partial charge in [-0.1, -0.05) is 17.7 Å². The van der Waals surface area contributed by atoms with Gasteiger partial charge in [0, 0.05) is 19.3 Å².